The molecule has 0 aliphatic carbocycles. The average Bonchev–Trinajstić information content (AvgIpc) is 3.49. The molecule has 0 N–H and O–H groups in total. The summed E-state index contributed by atoms with van der Waals surface area (Å²) in [5, 5.41) is 7.03. The molecule has 28 heavy (non-hydrogen) atoms. The Kier molecular flexibility index (Phi) is 5.05. The third-order valence-electron chi connectivity index (χ3n) is 5.48. The van der Waals surface area contributed by atoms with Gasteiger partial charge in [0.15, 0.2) is 0 Å². The number of piperazine rings is 2. The van der Waals surface area contributed by atoms with E-state index in [-0.39, 0.29) is 0 Å². The van der Waals surface area contributed by atoms with Crippen LogP contribution in [0.5, 0.6) is 0 Å². The second-order valence-corrected chi connectivity index (χ2v) is 8.94. The third-order valence-corrected chi connectivity index (χ3v) is 7.34. The van der Waals surface area contributed by atoms with Crippen molar-refractivity contribution >= 4 is 44.3 Å². The van der Waals surface area contributed by atoms with E-state index in [9.17, 15) is 0 Å². The van der Waals surface area contributed by atoms with E-state index in [4.69, 9.17) is 0 Å². The standard InChI is InChI=1S/C20H24N6S2/c1-3-19(27-13-1)25-9-5-23(6-10-25)17-15-18(22-16-21-17)24-7-11-26(12-8-24)20-4-2-14-28-20/h1-4,13-16H,5-12H2. The van der Waals surface area contributed by atoms with Crippen LogP contribution in [0.2, 0.25) is 0 Å². The van der Waals surface area contributed by atoms with Crippen LogP contribution in [0.25, 0.3) is 0 Å². The Hall–Kier alpha value is -2.32. The molecule has 146 valence electrons. The van der Waals surface area contributed by atoms with Gasteiger partial charge in [-0.15, -0.1) is 22.7 Å². The smallest absolute Gasteiger partial charge is 0.134 e. The maximum absolute atomic E-state index is 4.56. The Balaban J connectivity index is 1.21. The van der Waals surface area contributed by atoms with E-state index in [1.54, 1.807) is 6.33 Å². The summed E-state index contributed by atoms with van der Waals surface area (Å²) in [4.78, 5) is 18.8. The predicted molar refractivity (Wildman–Crippen MR) is 120 cm³/mol. The molecule has 2 aliphatic heterocycles. The molecule has 0 spiro atoms. The molecule has 0 radical (unpaired) electrons. The van der Waals surface area contributed by atoms with Gasteiger partial charge < -0.3 is 19.6 Å². The summed E-state index contributed by atoms with van der Waals surface area (Å²) in [6, 6.07) is 10.8. The van der Waals surface area contributed by atoms with E-state index < -0.39 is 0 Å². The van der Waals surface area contributed by atoms with Crippen molar-refractivity contribution in [1.29, 1.82) is 0 Å². The lowest BCUT2D eigenvalue weighted by Gasteiger charge is -2.37. The Morgan fingerprint density at radius 2 is 1.04 bits per heavy atom. The van der Waals surface area contributed by atoms with Gasteiger partial charge in [-0.2, -0.15) is 0 Å². The van der Waals surface area contributed by atoms with Gasteiger partial charge in [0.25, 0.3) is 0 Å². The first kappa shape index (κ1) is 17.8. The van der Waals surface area contributed by atoms with Gasteiger partial charge in [0.2, 0.25) is 0 Å². The van der Waals surface area contributed by atoms with Crippen molar-refractivity contribution in [3.8, 4) is 0 Å². The van der Waals surface area contributed by atoms with Crippen molar-refractivity contribution in [2.45, 2.75) is 0 Å². The van der Waals surface area contributed by atoms with Crippen molar-refractivity contribution < 1.29 is 0 Å². The molecule has 0 bridgehead atoms. The molecule has 0 amide bonds. The molecule has 5 heterocycles. The zero-order chi connectivity index (χ0) is 18.8. The number of hydrogen-bond acceptors (Lipinski definition) is 8. The summed E-state index contributed by atoms with van der Waals surface area (Å²) < 4.78 is 0. The summed E-state index contributed by atoms with van der Waals surface area (Å²) in [5.74, 6) is 2.10. The SMILES string of the molecule is c1csc(N2CCN(c3cc(N4CCN(c5cccs5)CC4)ncn3)CC2)c1. The van der Waals surface area contributed by atoms with Crippen LogP contribution in [0.15, 0.2) is 47.4 Å². The number of aromatic nitrogens is 2. The quantitative estimate of drug-likeness (QED) is 0.655. The van der Waals surface area contributed by atoms with Crippen LogP contribution < -0.4 is 19.6 Å². The van der Waals surface area contributed by atoms with E-state index >= 15 is 0 Å². The summed E-state index contributed by atoms with van der Waals surface area (Å²) in [5.41, 5.74) is 0. The number of nitrogens with zero attached hydrogens (tertiary/aromatic N) is 6. The molecular formula is C20H24N6S2. The van der Waals surface area contributed by atoms with Gasteiger partial charge in [0.1, 0.15) is 18.0 Å². The molecular weight excluding hydrogens is 388 g/mol. The van der Waals surface area contributed by atoms with E-state index in [1.807, 2.05) is 22.7 Å². The molecule has 2 saturated heterocycles. The van der Waals surface area contributed by atoms with Crippen molar-refractivity contribution in [2.75, 3.05) is 72.0 Å². The summed E-state index contributed by atoms with van der Waals surface area (Å²) in [6.45, 7) is 8.17. The number of rotatable bonds is 4. The lowest BCUT2D eigenvalue weighted by atomic mass is 10.3. The normalized spacial score (nSPS) is 18.0. The number of anilines is 4. The lowest BCUT2D eigenvalue weighted by Crippen LogP contribution is -2.47. The fraction of sp³-hybridized carbons (Fsp3) is 0.400. The Labute approximate surface area is 173 Å². The Morgan fingerprint density at radius 1 is 0.607 bits per heavy atom. The van der Waals surface area contributed by atoms with Crippen molar-refractivity contribution in [3.05, 3.63) is 47.4 Å². The van der Waals surface area contributed by atoms with Crippen molar-refractivity contribution in [2.24, 2.45) is 0 Å². The molecule has 6 nitrogen and oxygen atoms in total. The number of thiophene rings is 2. The summed E-state index contributed by atoms with van der Waals surface area (Å²) in [7, 11) is 0. The number of hydrogen-bond donors (Lipinski definition) is 0. The van der Waals surface area contributed by atoms with Crippen LogP contribution in [0, 0.1) is 0 Å². The minimum atomic E-state index is 1.00. The van der Waals surface area contributed by atoms with Crippen molar-refractivity contribution in [1.82, 2.24) is 9.97 Å². The van der Waals surface area contributed by atoms with Crippen LogP contribution in [0.4, 0.5) is 21.6 Å². The Morgan fingerprint density at radius 3 is 1.43 bits per heavy atom. The van der Waals surface area contributed by atoms with Gasteiger partial charge in [0, 0.05) is 58.4 Å². The molecule has 0 aromatic carbocycles. The van der Waals surface area contributed by atoms with Gasteiger partial charge in [-0.1, -0.05) is 0 Å². The van der Waals surface area contributed by atoms with E-state index in [0.29, 0.717) is 0 Å². The second kappa shape index (κ2) is 7.97. The molecule has 8 heteroatoms. The zero-order valence-electron chi connectivity index (χ0n) is 15.8. The minimum absolute atomic E-state index is 1.00. The van der Waals surface area contributed by atoms with Crippen LogP contribution in [-0.4, -0.2) is 62.3 Å². The molecule has 0 unspecified atom stereocenters. The first-order chi connectivity index (χ1) is 13.9. The minimum Gasteiger partial charge on any atom is -0.360 e. The lowest BCUT2D eigenvalue weighted by molar-refractivity contribution is 0.641. The van der Waals surface area contributed by atoms with Crippen molar-refractivity contribution in [3.63, 3.8) is 0 Å². The van der Waals surface area contributed by atoms with Crippen LogP contribution in [0.1, 0.15) is 0 Å². The predicted octanol–water partition coefficient (Wildman–Crippen LogP) is 3.25. The fourth-order valence-corrected chi connectivity index (χ4v) is 5.47. The highest BCUT2D eigenvalue weighted by molar-refractivity contribution is 7.14. The fourth-order valence-electron chi connectivity index (χ4n) is 3.89. The first-order valence-electron chi connectivity index (χ1n) is 9.76. The monoisotopic (exact) mass is 412 g/mol. The molecule has 2 aliphatic rings. The average molecular weight is 413 g/mol. The van der Waals surface area contributed by atoms with Crippen LogP contribution in [0.3, 0.4) is 0 Å². The highest BCUT2D eigenvalue weighted by atomic mass is 32.1. The van der Waals surface area contributed by atoms with Gasteiger partial charge in [-0.25, -0.2) is 9.97 Å². The van der Waals surface area contributed by atoms with E-state index in [1.165, 1.54) is 10.0 Å². The van der Waals surface area contributed by atoms with Crippen LogP contribution >= 0.6 is 22.7 Å². The molecule has 0 atom stereocenters. The maximum atomic E-state index is 4.56. The second-order valence-electron chi connectivity index (χ2n) is 7.09. The highest BCUT2D eigenvalue weighted by Gasteiger charge is 2.22. The van der Waals surface area contributed by atoms with Gasteiger partial charge >= 0.3 is 0 Å². The van der Waals surface area contributed by atoms with Crippen LogP contribution in [-0.2, 0) is 0 Å². The molecule has 3 aromatic rings. The highest BCUT2D eigenvalue weighted by Crippen LogP contribution is 2.26. The molecule has 5 rings (SSSR count). The van der Waals surface area contributed by atoms with E-state index in [0.717, 1.165) is 64.0 Å². The van der Waals surface area contributed by atoms with Gasteiger partial charge in [-0.05, 0) is 35.0 Å². The third kappa shape index (κ3) is 3.66. The molecule has 2 fully saturated rings. The maximum Gasteiger partial charge on any atom is 0.134 e. The summed E-state index contributed by atoms with van der Waals surface area (Å²) >= 11 is 3.64. The first-order valence-corrected chi connectivity index (χ1v) is 11.5. The zero-order valence-corrected chi connectivity index (χ0v) is 17.4. The van der Waals surface area contributed by atoms with Gasteiger partial charge in [0.05, 0.1) is 10.0 Å². The summed E-state index contributed by atoms with van der Waals surface area (Å²) in [6.07, 6.45) is 1.72. The van der Waals surface area contributed by atoms with E-state index in [2.05, 4.69) is 70.7 Å². The Bertz CT molecular complexity index is 797. The molecule has 0 saturated carbocycles. The largest absolute Gasteiger partial charge is 0.360 e. The molecule has 3 aromatic heterocycles. The van der Waals surface area contributed by atoms with Gasteiger partial charge in [-0.3, -0.25) is 0 Å². The topological polar surface area (TPSA) is 38.7 Å².